The molecule has 0 spiro atoms. The van der Waals surface area contributed by atoms with Crippen LogP contribution in [0.15, 0.2) is 12.3 Å². The molecule has 1 heterocycles. The van der Waals surface area contributed by atoms with Gasteiger partial charge in [-0.15, -0.1) is 0 Å². The van der Waals surface area contributed by atoms with Crippen LogP contribution in [-0.4, -0.2) is 39.7 Å². The van der Waals surface area contributed by atoms with Crippen molar-refractivity contribution in [3.8, 4) is 0 Å². The molecule has 3 rings (SSSR count). The number of Topliss-reactive ketones (excluding diaryl/α,β-unsaturated/α-hetero) is 1. The van der Waals surface area contributed by atoms with E-state index in [9.17, 15) is 14.9 Å². The lowest BCUT2D eigenvalue weighted by Crippen LogP contribution is -2.33. The summed E-state index contributed by atoms with van der Waals surface area (Å²) >= 11 is 0. The highest BCUT2D eigenvalue weighted by molar-refractivity contribution is 5.96. The van der Waals surface area contributed by atoms with Gasteiger partial charge in [0, 0.05) is 18.7 Å². The van der Waals surface area contributed by atoms with Crippen LogP contribution in [0.5, 0.6) is 0 Å². The van der Waals surface area contributed by atoms with Crippen LogP contribution in [0.25, 0.3) is 0 Å². The lowest BCUT2D eigenvalue weighted by Gasteiger charge is -2.20. The first kappa shape index (κ1) is 12.3. The monoisotopic (exact) mass is 263 g/mol. The number of nitrogens with one attached hydrogen (secondary N) is 1. The van der Waals surface area contributed by atoms with Gasteiger partial charge in [-0.25, -0.2) is 0 Å². The number of carbonyl (C=O) groups is 1. The quantitative estimate of drug-likeness (QED) is 0.463. The Labute approximate surface area is 110 Å². The Kier molecular flexibility index (Phi) is 3.10. The highest BCUT2D eigenvalue weighted by Crippen LogP contribution is 2.34. The summed E-state index contributed by atoms with van der Waals surface area (Å²) < 4.78 is 0. The van der Waals surface area contributed by atoms with Crippen molar-refractivity contribution in [2.45, 2.75) is 31.7 Å². The number of H-pyrrole nitrogens is 1. The van der Waals surface area contributed by atoms with Crippen molar-refractivity contribution in [3.05, 3.63) is 28.1 Å². The maximum atomic E-state index is 12.1. The van der Waals surface area contributed by atoms with E-state index in [-0.39, 0.29) is 11.5 Å². The second-order valence-electron chi connectivity index (χ2n) is 5.56. The standard InChI is InChI=1S/C13H17N3O3/c17-13(12-5-11(6-14-12)16(18)19)8-15(10-3-4-10)7-9-1-2-9/h5-6,9-10,14H,1-4,7-8H2. The van der Waals surface area contributed by atoms with Gasteiger partial charge >= 0.3 is 0 Å². The highest BCUT2D eigenvalue weighted by atomic mass is 16.6. The minimum absolute atomic E-state index is 0.0523. The number of hydrogen-bond acceptors (Lipinski definition) is 4. The van der Waals surface area contributed by atoms with E-state index in [1.54, 1.807) is 0 Å². The fraction of sp³-hybridized carbons (Fsp3) is 0.615. The van der Waals surface area contributed by atoms with Gasteiger partial charge in [0.1, 0.15) is 0 Å². The molecule has 2 fully saturated rings. The predicted octanol–water partition coefficient (Wildman–Crippen LogP) is 1.98. The molecule has 0 aromatic carbocycles. The first-order valence-corrected chi connectivity index (χ1v) is 6.73. The Morgan fingerprint density at radius 3 is 2.68 bits per heavy atom. The fourth-order valence-electron chi connectivity index (χ4n) is 2.33. The third kappa shape index (κ3) is 3.01. The van der Waals surface area contributed by atoms with E-state index in [0.717, 1.165) is 12.5 Å². The summed E-state index contributed by atoms with van der Waals surface area (Å²) in [7, 11) is 0. The van der Waals surface area contributed by atoms with Gasteiger partial charge in [-0.1, -0.05) is 0 Å². The summed E-state index contributed by atoms with van der Waals surface area (Å²) in [5.41, 5.74) is 0.289. The molecule has 0 saturated heterocycles. The first-order valence-electron chi connectivity index (χ1n) is 6.73. The zero-order valence-electron chi connectivity index (χ0n) is 10.7. The molecule has 19 heavy (non-hydrogen) atoms. The molecule has 2 aliphatic rings. The van der Waals surface area contributed by atoms with Crippen LogP contribution < -0.4 is 0 Å². The van der Waals surface area contributed by atoms with Crippen molar-refractivity contribution in [2.24, 2.45) is 5.92 Å². The van der Waals surface area contributed by atoms with Crippen LogP contribution in [0.3, 0.4) is 0 Å². The van der Waals surface area contributed by atoms with Crippen molar-refractivity contribution in [1.29, 1.82) is 0 Å². The van der Waals surface area contributed by atoms with Gasteiger partial charge in [-0.2, -0.15) is 0 Å². The zero-order valence-corrected chi connectivity index (χ0v) is 10.7. The molecule has 0 amide bonds. The maximum Gasteiger partial charge on any atom is 0.287 e. The third-order valence-corrected chi connectivity index (χ3v) is 3.78. The van der Waals surface area contributed by atoms with E-state index in [0.29, 0.717) is 18.3 Å². The molecule has 1 aromatic heterocycles. The topological polar surface area (TPSA) is 79.2 Å². The van der Waals surface area contributed by atoms with Gasteiger partial charge in [0.2, 0.25) is 0 Å². The average Bonchev–Trinajstić information content (AvgIpc) is 3.27. The summed E-state index contributed by atoms with van der Waals surface area (Å²) in [6.07, 6.45) is 6.15. The Morgan fingerprint density at radius 1 is 1.42 bits per heavy atom. The number of hydrogen-bond donors (Lipinski definition) is 1. The fourth-order valence-corrected chi connectivity index (χ4v) is 2.33. The van der Waals surface area contributed by atoms with Crippen molar-refractivity contribution in [3.63, 3.8) is 0 Å². The molecule has 0 atom stereocenters. The van der Waals surface area contributed by atoms with E-state index >= 15 is 0 Å². The number of nitrogens with zero attached hydrogens (tertiary/aromatic N) is 2. The van der Waals surface area contributed by atoms with Crippen LogP contribution in [0, 0.1) is 16.0 Å². The van der Waals surface area contributed by atoms with Gasteiger partial charge in [0.25, 0.3) is 5.69 Å². The van der Waals surface area contributed by atoms with Crippen molar-refractivity contribution >= 4 is 11.5 Å². The van der Waals surface area contributed by atoms with Crippen LogP contribution in [0.4, 0.5) is 5.69 Å². The van der Waals surface area contributed by atoms with E-state index in [1.165, 1.54) is 37.9 Å². The van der Waals surface area contributed by atoms with Crippen molar-refractivity contribution in [2.75, 3.05) is 13.1 Å². The minimum atomic E-state index is -0.490. The minimum Gasteiger partial charge on any atom is -0.353 e. The first-order chi connectivity index (χ1) is 9.13. The Balaban J connectivity index is 1.62. The van der Waals surface area contributed by atoms with Crippen molar-refractivity contribution < 1.29 is 9.72 Å². The maximum absolute atomic E-state index is 12.1. The highest BCUT2D eigenvalue weighted by Gasteiger charge is 2.34. The van der Waals surface area contributed by atoms with Crippen LogP contribution >= 0.6 is 0 Å². The molecule has 6 nitrogen and oxygen atoms in total. The average molecular weight is 263 g/mol. The summed E-state index contributed by atoms with van der Waals surface area (Å²) in [4.78, 5) is 27.2. The Morgan fingerprint density at radius 2 is 2.16 bits per heavy atom. The SMILES string of the molecule is O=C(CN(CC1CC1)C1CC1)c1cc([N+](=O)[O-])c[nH]1. The Bertz CT molecular complexity index is 503. The number of aromatic nitrogens is 1. The molecular weight excluding hydrogens is 246 g/mol. The molecule has 0 aliphatic heterocycles. The third-order valence-electron chi connectivity index (χ3n) is 3.78. The van der Waals surface area contributed by atoms with E-state index < -0.39 is 4.92 Å². The van der Waals surface area contributed by atoms with Gasteiger partial charge in [0.05, 0.1) is 23.4 Å². The summed E-state index contributed by atoms with van der Waals surface area (Å²) in [6.45, 7) is 1.37. The molecule has 1 aromatic rings. The molecule has 1 N–H and O–H groups in total. The van der Waals surface area contributed by atoms with Gasteiger partial charge in [0.15, 0.2) is 5.78 Å². The summed E-state index contributed by atoms with van der Waals surface area (Å²) in [5, 5.41) is 10.6. The Hall–Kier alpha value is -1.69. The molecule has 2 saturated carbocycles. The largest absolute Gasteiger partial charge is 0.353 e. The van der Waals surface area contributed by atoms with Crippen LogP contribution in [0.1, 0.15) is 36.2 Å². The van der Waals surface area contributed by atoms with E-state index in [2.05, 4.69) is 9.88 Å². The second-order valence-corrected chi connectivity index (χ2v) is 5.56. The molecule has 0 unspecified atom stereocenters. The van der Waals surface area contributed by atoms with Crippen LogP contribution in [0.2, 0.25) is 0 Å². The molecular formula is C13H17N3O3. The predicted molar refractivity (Wildman–Crippen MR) is 69.1 cm³/mol. The smallest absolute Gasteiger partial charge is 0.287 e. The molecule has 0 bridgehead atoms. The number of ketones is 1. The lowest BCUT2D eigenvalue weighted by molar-refractivity contribution is -0.384. The van der Waals surface area contributed by atoms with Gasteiger partial charge < -0.3 is 4.98 Å². The normalized spacial score (nSPS) is 18.8. The molecule has 6 heteroatoms. The van der Waals surface area contributed by atoms with Gasteiger partial charge in [-0.05, 0) is 31.6 Å². The second kappa shape index (κ2) is 4.77. The number of carbonyl (C=O) groups excluding carboxylic acids is 1. The molecule has 102 valence electrons. The molecule has 2 aliphatic carbocycles. The number of nitro groups is 1. The number of rotatable bonds is 7. The van der Waals surface area contributed by atoms with Crippen LogP contribution in [-0.2, 0) is 0 Å². The van der Waals surface area contributed by atoms with Gasteiger partial charge in [-0.3, -0.25) is 19.8 Å². The molecule has 0 radical (unpaired) electrons. The summed E-state index contributed by atoms with van der Waals surface area (Å²) in [5.74, 6) is 0.701. The number of aromatic amines is 1. The van der Waals surface area contributed by atoms with E-state index in [1.807, 2.05) is 0 Å². The lowest BCUT2D eigenvalue weighted by atomic mass is 10.2. The van der Waals surface area contributed by atoms with Crippen molar-refractivity contribution in [1.82, 2.24) is 9.88 Å². The summed E-state index contributed by atoms with van der Waals surface area (Å²) in [6, 6.07) is 1.87. The zero-order chi connectivity index (χ0) is 13.4. The van der Waals surface area contributed by atoms with E-state index in [4.69, 9.17) is 0 Å².